The smallest absolute Gasteiger partial charge is 1.00 e. The molecule has 4 heteroatoms. The van der Waals surface area contributed by atoms with Crippen molar-refractivity contribution in [3.8, 4) is 0 Å². The Kier molecular flexibility index (Phi) is 10.4. The van der Waals surface area contributed by atoms with Gasteiger partial charge in [-0.15, -0.1) is 0 Å². The van der Waals surface area contributed by atoms with Crippen LogP contribution in [0.2, 0.25) is 0 Å². The van der Waals surface area contributed by atoms with Gasteiger partial charge in [-0.1, -0.05) is 25.3 Å². The molecule has 0 heterocycles. The molecule has 1 nitrogen and oxygen atoms in total. The number of allylic oxidation sites excluding steroid dienone is 2. The van der Waals surface area contributed by atoms with Gasteiger partial charge in [0.1, 0.15) is 0 Å². The van der Waals surface area contributed by atoms with Crippen LogP contribution in [0.1, 0.15) is 8.35 Å². The van der Waals surface area contributed by atoms with Crippen molar-refractivity contribution in [1.82, 2.24) is 0 Å². The second-order valence-corrected chi connectivity index (χ2v) is 2.53. The molecule has 52 valence electrons. The zero-order valence-corrected chi connectivity index (χ0v) is 9.84. The first-order chi connectivity index (χ1) is 4.16. The molecule has 0 rings (SSSR count). The molecule has 0 aliphatic carbocycles. The fourth-order valence-electron chi connectivity index (χ4n) is 0.191. The van der Waals surface area contributed by atoms with Crippen LogP contribution in [0.25, 0.3) is 0 Å². The maximum atomic E-state index is 4.76. The molecule has 0 saturated heterocycles. The van der Waals surface area contributed by atoms with E-state index in [9.17, 15) is 0 Å². The summed E-state index contributed by atoms with van der Waals surface area (Å²) in [6.07, 6.45) is 3.17. The van der Waals surface area contributed by atoms with Gasteiger partial charge in [-0.05, 0) is 24.7 Å². The van der Waals surface area contributed by atoms with Crippen molar-refractivity contribution in [1.29, 1.82) is 0 Å². The molecule has 0 bridgehead atoms. The molecule has 0 saturated carbocycles. The van der Waals surface area contributed by atoms with E-state index in [0.29, 0.717) is 0 Å². The molecule has 0 aromatic carbocycles. The van der Waals surface area contributed by atoms with E-state index < -0.39 is 0 Å². The van der Waals surface area contributed by atoms with Crippen molar-refractivity contribution in [3.63, 3.8) is 0 Å². The summed E-state index contributed by atoms with van der Waals surface area (Å²) in [5, 5.41) is 0. The fourth-order valence-corrected chi connectivity index (χ4v) is 0.292. The molecule has 0 spiro atoms. The first-order valence-electron chi connectivity index (χ1n) is 2.35. The third-order valence-electron chi connectivity index (χ3n) is 0.668. The van der Waals surface area contributed by atoms with Gasteiger partial charge in [0, 0.05) is 0 Å². The molecule has 0 fully saturated rings. The normalized spacial score (nSPS) is 9.60. The summed E-state index contributed by atoms with van der Waals surface area (Å²) >= 11 is 8.27. The molecule has 0 unspecified atom stereocenters. The number of thiol groups is 1. The minimum Gasteiger partial charge on any atom is -1.00 e. The summed E-state index contributed by atoms with van der Waals surface area (Å²) in [6.45, 7) is 5.38. The van der Waals surface area contributed by atoms with Crippen molar-refractivity contribution >= 4 is 29.2 Å². The van der Waals surface area contributed by atoms with Gasteiger partial charge in [0.15, 0.2) is 0 Å². The molecule has 0 aliphatic rings. The van der Waals surface area contributed by atoms with Crippen molar-refractivity contribution in [2.75, 3.05) is 0 Å². The van der Waals surface area contributed by atoms with E-state index in [1.807, 2.05) is 6.92 Å². The zero-order valence-electron chi connectivity index (χ0n) is 7.13. The van der Waals surface area contributed by atoms with E-state index in [0.717, 1.165) is 5.57 Å². The van der Waals surface area contributed by atoms with E-state index in [4.69, 9.17) is 4.74 Å². The Morgan fingerprint density at radius 3 is 2.60 bits per heavy atom. The van der Waals surface area contributed by atoms with Gasteiger partial charge in [0.05, 0.1) is 6.26 Å². The van der Waals surface area contributed by atoms with Crippen molar-refractivity contribution < 1.29 is 35.7 Å². The summed E-state index contributed by atoms with van der Waals surface area (Å²) in [6, 6.07) is 0. The number of ether oxygens (including phenoxy) is 1. The van der Waals surface area contributed by atoms with Crippen molar-refractivity contribution in [2.45, 2.75) is 6.92 Å². The number of thiocarbonyl (C=S) groups is 1. The molecular formula is C6H9NaOS2. The van der Waals surface area contributed by atoms with Crippen LogP contribution in [0.5, 0.6) is 0 Å². The van der Waals surface area contributed by atoms with Crippen LogP contribution >= 0.6 is 24.8 Å². The predicted molar refractivity (Wildman–Crippen MR) is 47.7 cm³/mol. The average Bonchev–Trinajstić information content (AvgIpc) is 1.83. The van der Waals surface area contributed by atoms with Crippen LogP contribution in [0.3, 0.4) is 0 Å². The van der Waals surface area contributed by atoms with Gasteiger partial charge >= 0.3 is 29.6 Å². The van der Waals surface area contributed by atoms with Crippen LogP contribution in [0, 0.1) is 0 Å². The van der Waals surface area contributed by atoms with Crippen molar-refractivity contribution in [3.05, 3.63) is 24.5 Å². The summed E-state index contributed by atoms with van der Waals surface area (Å²) in [4.78, 5) is 0. The summed E-state index contributed by atoms with van der Waals surface area (Å²) in [7, 11) is 0. The Labute approximate surface area is 95.7 Å². The van der Waals surface area contributed by atoms with Gasteiger partial charge < -0.3 is 6.16 Å². The quantitative estimate of drug-likeness (QED) is 0.202. The first-order valence-corrected chi connectivity index (χ1v) is 3.21. The van der Waals surface area contributed by atoms with E-state index in [2.05, 4.69) is 31.4 Å². The summed E-state index contributed by atoms with van der Waals surface area (Å²) in [5.41, 5.74) is 0.923. The van der Waals surface area contributed by atoms with Crippen molar-refractivity contribution in [2.24, 2.45) is 0 Å². The van der Waals surface area contributed by atoms with Crippen LogP contribution in [0.4, 0.5) is 0 Å². The minimum atomic E-state index is 0. The molecule has 0 aliphatic heterocycles. The predicted octanol–water partition coefficient (Wildman–Crippen LogP) is -0.576. The maximum Gasteiger partial charge on any atom is 1.00 e. The maximum absolute atomic E-state index is 4.76. The number of rotatable bonds is 2. The molecule has 10 heavy (non-hydrogen) atoms. The second kappa shape index (κ2) is 7.82. The molecule has 0 amide bonds. The Hall–Kier alpha value is 0.720. The molecule has 0 aromatic rings. The van der Waals surface area contributed by atoms with Gasteiger partial charge in [0.25, 0.3) is 0 Å². The summed E-state index contributed by atoms with van der Waals surface area (Å²) < 4.78 is 4.98. The van der Waals surface area contributed by atoms with Crippen LogP contribution in [-0.2, 0) is 4.74 Å². The SMILES string of the molecule is C=CC(C)=COC(=S)S.[H-].[Na+]. The third kappa shape index (κ3) is 8.72. The van der Waals surface area contributed by atoms with E-state index in [1.165, 1.54) is 6.26 Å². The largest absolute Gasteiger partial charge is 1.00 e. The van der Waals surface area contributed by atoms with Crippen LogP contribution in [-0.4, -0.2) is 4.38 Å². The van der Waals surface area contributed by atoms with E-state index in [-0.39, 0.29) is 35.4 Å². The molecule has 0 atom stereocenters. The Morgan fingerprint density at radius 2 is 2.30 bits per heavy atom. The van der Waals surface area contributed by atoms with Gasteiger partial charge in [-0.3, -0.25) is 0 Å². The Morgan fingerprint density at radius 1 is 1.80 bits per heavy atom. The zero-order chi connectivity index (χ0) is 7.28. The standard InChI is InChI=1S/C6H8OS2.Na.H/c1-3-5(2)4-7-6(8)9;;/h3-4H,1H2,2H3,(H,8,9);;/q;+1;-1. The van der Waals surface area contributed by atoms with Crippen LogP contribution in [0.15, 0.2) is 24.5 Å². The molecular weight excluding hydrogens is 175 g/mol. The molecule has 0 radical (unpaired) electrons. The fraction of sp³-hybridized carbons (Fsp3) is 0.167. The number of hydrogen-bond acceptors (Lipinski definition) is 2. The van der Waals surface area contributed by atoms with Gasteiger partial charge in [0.2, 0.25) is 4.38 Å². The van der Waals surface area contributed by atoms with E-state index in [1.54, 1.807) is 6.08 Å². The topological polar surface area (TPSA) is 9.23 Å². The summed E-state index contributed by atoms with van der Waals surface area (Å²) in [5.74, 6) is 0. The average molecular weight is 184 g/mol. The van der Waals surface area contributed by atoms with Gasteiger partial charge in [-0.25, -0.2) is 0 Å². The monoisotopic (exact) mass is 184 g/mol. The van der Waals surface area contributed by atoms with E-state index >= 15 is 0 Å². The van der Waals surface area contributed by atoms with Gasteiger partial charge in [-0.2, -0.15) is 0 Å². The second-order valence-electron chi connectivity index (χ2n) is 1.45. The molecule has 0 aromatic heterocycles. The number of hydrogen-bond donors (Lipinski definition) is 1. The Bertz CT molecular complexity index is 159. The Balaban J connectivity index is -0.000000320. The van der Waals surface area contributed by atoms with Crippen LogP contribution < -0.4 is 29.6 Å². The molecule has 0 N–H and O–H groups in total. The third-order valence-corrected chi connectivity index (χ3v) is 0.869. The minimum absolute atomic E-state index is 0. The first kappa shape index (κ1) is 13.3.